The van der Waals surface area contributed by atoms with Gasteiger partial charge in [0.05, 0.1) is 0 Å². The number of pyridine rings is 2. The van der Waals surface area contributed by atoms with E-state index >= 15 is 0 Å². The number of rotatable bonds is 10. The van der Waals surface area contributed by atoms with Crippen LogP contribution in [-0.4, -0.2) is 9.13 Å². The van der Waals surface area contributed by atoms with Crippen molar-refractivity contribution >= 4 is 0 Å². The van der Waals surface area contributed by atoms with Crippen LogP contribution in [0.4, 0.5) is 0 Å². The van der Waals surface area contributed by atoms with Gasteiger partial charge in [-0.1, -0.05) is 52.4 Å². The van der Waals surface area contributed by atoms with E-state index in [2.05, 4.69) is 13.8 Å². The summed E-state index contributed by atoms with van der Waals surface area (Å²) < 4.78 is 3.75. The first-order valence-electron chi connectivity index (χ1n) is 11.1. The molecule has 1 radical (unpaired) electrons. The smallest absolute Gasteiger partial charge is 2.00 e. The Morgan fingerprint density at radius 3 is 1.34 bits per heavy atom. The van der Waals surface area contributed by atoms with Gasteiger partial charge in [0.25, 0.3) is 0 Å². The summed E-state index contributed by atoms with van der Waals surface area (Å²) in [5.74, 6) is -0.735. The maximum Gasteiger partial charge on any atom is 4.00 e. The Morgan fingerprint density at radius 1 is 0.688 bits per heavy atom. The molecular formula is C24H36N2O5V. The minimum Gasteiger partial charge on any atom is -2.00 e. The summed E-state index contributed by atoms with van der Waals surface area (Å²) in [4.78, 5) is 22.1. The summed E-state index contributed by atoms with van der Waals surface area (Å²) in [7, 11) is 0. The fraction of sp³-hybridized carbons (Fsp3) is 0.583. The Hall–Kier alpha value is -1.96. The topological polar surface area (TPSA) is 119 Å². The van der Waals surface area contributed by atoms with Gasteiger partial charge in [0, 0.05) is 49.0 Å². The van der Waals surface area contributed by atoms with Crippen LogP contribution in [0.1, 0.15) is 76.6 Å². The predicted octanol–water partition coefficient (Wildman–Crippen LogP) is 3.50. The van der Waals surface area contributed by atoms with Crippen LogP contribution in [0.5, 0.6) is 11.5 Å². The summed E-state index contributed by atoms with van der Waals surface area (Å²) in [6, 6.07) is 2.71. The van der Waals surface area contributed by atoms with E-state index in [-0.39, 0.29) is 35.5 Å². The van der Waals surface area contributed by atoms with Crippen LogP contribution in [0, 0.1) is 13.8 Å². The van der Waals surface area contributed by atoms with Crippen molar-refractivity contribution in [1.82, 2.24) is 9.13 Å². The molecular weight excluding hydrogens is 447 g/mol. The van der Waals surface area contributed by atoms with Crippen molar-refractivity contribution in [2.45, 2.75) is 92.2 Å². The molecule has 0 unspecified atom stereocenters. The molecule has 0 aliphatic carbocycles. The second-order valence-corrected chi connectivity index (χ2v) is 7.70. The molecule has 32 heavy (non-hydrogen) atoms. The molecule has 0 bridgehead atoms. The third-order valence-electron chi connectivity index (χ3n) is 5.28. The fourth-order valence-corrected chi connectivity index (χ4v) is 3.21. The molecule has 0 aromatic carbocycles. The quantitative estimate of drug-likeness (QED) is 0.481. The molecule has 0 aliphatic heterocycles. The van der Waals surface area contributed by atoms with Crippen LogP contribution < -0.4 is 21.1 Å². The van der Waals surface area contributed by atoms with Crippen LogP contribution in [0.25, 0.3) is 0 Å². The maximum atomic E-state index is 11.3. The standard InChI is InChI=1S/2C12H19NO2.O.V/c2*1-3-4-5-6-8-13-9-7-11(14)12(15)10(13)2;;/h2*7,9,15H,3-6,8H2,1-2H3;;/q;;-2;+4/p-2. The van der Waals surface area contributed by atoms with E-state index in [1.165, 1.54) is 50.7 Å². The summed E-state index contributed by atoms with van der Waals surface area (Å²) in [5.41, 5.74) is 0.299. The summed E-state index contributed by atoms with van der Waals surface area (Å²) in [6.07, 6.45) is 12.8. The van der Waals surface area contributed by atoms with Crippen LogP contribution in [-0.2, 0) is 37.1 Å². The van der Waals surface area contributed by atoms with E-state index < -0.39 is 10.9 Å². The van der Waals surface area contributed by atoms with E-state index in [1.54, 1.807) is 26.2 Å². The van der Waals surface area contributed by atoms with Crippen LogP contribution in [0.3, 0.4) is 0 Å². The Bertz CT molecular complexity index is 819. The number of aryl methyl sites for hydroxylation is 2. The van der Waals surface area contributed by atoms with Crippen molar-refractivity contribution in [3.05, 3.63) is 56.4 Å². The van der Waals surface area contributed by atoms with Crippen LogP contribution >= 0.6 is 0 Å². The molecule has 0 amide bonds. The summed E-state index contributed by atoms with van der Waals surface area (Å²) >= 11 is 0. The van der Waals surface area contributed by atoms with Gasteiger partial charge in [0.2, 0.25) is 0 Å². The molecule has 0 saturated heterocycles. The second kappa shape index (κ2) is 17.6. The molecule has 0 N–H and O–H groups in total. The summed E-state index contributed by atoms with van der Waals surface area (Å²) in [5, 5.41) is 22.7. The van der Waals surface area contributed by atoms with Gasteiger partial charge in [-0.05, 0) is 38.2 Å². The third-order valence-corrected chi connectivity index (χ3v) is 5.28. The Morgan fingerprint density at radius 2 is 1.03 bits per heavy atom. The molecule has 0 aliphatic rings. The third kappa shape index (κ3) is 10.6. The van der Waals surface area contributed by atoms with Gasteiger partial charge in [-0.2, -0.15) is 0 Å². The first kappa shape index (κ1) is 32.2. The van der Waals surface area contributed by atoms with Gasteiger partial charge in [-0.15, -0.1) is 0 Å². The fourth-order valence-electron chi connectivity index (χ4n) is 3.21. The Kier molecular flexibility index (Phi) is 17.7. The normalized spacial score (nSPS) is 9.88. The van der Waals surface area contributed by atoms with E-state index in [1.807, 2.05) is 9.13 Å². The zero-order valence-corrected chi connectivity index (χ0v) is 21.2. The van der Waals surface area contributed by atoms with Gasteiger partial charge < -0.3 is 24.8 Å². The van der Waals surface area contributed by atoms with Crippen molar-refractivity contribution in [2.24, 2.45) is 0 Å². The molecule has 2 aromatic heterocycles. The monoisotopic (exact) mass is 483 g/mol. The molecule has 0 atom stereocenters. The van der Waals surface area contributed by atoms with Crippen LogP contribution in [0.15, 0.2) is 34.1 Å². The maximum absolute atomic E-state index is 11.3. The number of unbranched alkanes of at least 4 members (excludes halogenated alkanes) is 6. The first-order chi connectivity index (χ1) is 14.3. The minimum absolute atomic E-state index is 0. The first-order valence-corrected chi connectivity index (χ1v) is 11.1. The largest absolute Gasteiger partial charge is 4.00 e. The average Bonchev–Trinajstić information content (AvgIpc) is 2.74. The molecule has 2 rings (SSSR count). The molecule has 0 fully saturated rings. The molecule has 0 saturated carbocycles. The van der Waals surface area contributed by atoms with Crippen molar-refractivity contribution in [3.63, 3.8) is 0 Å². The number of hydrogen-bond donors (Lipinski definition) is 0. The molecule has 177 valence electrons. The Balaban J connectivity index is 0. The summed E-state index contributed by atoms with van der Waals surface area (Å²) in [6.45, 7) is 9.43. The predicted molar refractivity (Wildman–Crippen MR) is 119 cm³/mol. The molecule has 2 heterocycles. The number of hydrogen-bond acceptors (Lipinski definition) is 4. The molecule has 0 spiro atoms. The average molecular weight is 484 g/mol. The van der Waals surface area contributed by atoms with E-state index in [4.69, 9.17) is 0 Å². The van der Waals surface area contributed by atoms with Crippen molar-refractivity contribution < 1.29 is 34.2 Å². The molecule has 2 aromatic rings. The van der Waals surface area contributed by atoms with Crippen molar-refractivity contribution in [1.29, 1.82) is 0 Å². The van der Waals surface area contributed by atoms with E-state index in [0.717, 1.165) is 25.9 Å². The number of nitrogens with zero attached hydrogens (tertiary/aromatic N) is 2. The zero-order chi connectivity index (χ0) is 22.5. The minimum atomic E-state index is -0.405. The van der Waals surface area contributed by atoms with Gasteiger partial charge in [0.15, 0.2) is 10.9 Å². The van der Waals surface area contributed by atoms with Crippen molar-refractivity contribution in [2.75, 3.05) is 0 Å². The van der Waals surface area contributed by atoms with Gasteiger partial charge >= 0.3 is 18.6 Å². The van der Waals surface area contributed by atoms with Gasteiger partial charge in [-0.3, -0.25) is 9.59 Å². The van der Waals surface area contributed by atoms with Crippen LogP contribution in [0.2, 0.25) is 0 Å². The van der Waals surface area contributed by atoms with Crippen molar-refractivity contribution in [3.8, 4) is 11.5 Å². The molecule has 7 nitrogen and oxygen atoms in total. The van der Waals surface area contributed by atoms with Gasteiger partial charge in [0.1, 0.15) is 0 Å². The zero-order valence-electron chi connectivity index (χ0n) is 19.8. The van der Waals surface area contributed by atoms with Gasteiger partial charge in [-0.25, -0.2) is 0 Å². The van der Waals surface area contributed by atoms with E-state index in [0.29, 0.717) is 11.4 Å². The number of aromatic nitrogens is 2. The molecule has 8 heteroatoms. The van der Waals surface area contributed by atoms with E-state index in [9.17, 15) is 19.8 Å². The Labute approximate surface area is 203 Å². The second-order valence-electron chi connectivity index (χ2n) is 7.70. The SMILES string of the molecule is CCCCCCn1ccc(=O)c([O-])c1C.CCCCCCn1ccc(=O)c([O-])c1C.[O-2].[V+4].